The van der Waals surface area contributed by atoms with Crippen LogP contribution in [0.4, 0.5) is 5.69 Å². The van der Waals surface area contributed by atoms with Crippen LogP contribution in [0.25, 0.3) is 21.2 Å². The average molecular weight is 480 g/mol. The van der Waals surface area contributed by atoms with Crippen LogP contribution in [0, 0.1) is 17.9 Å². The third-order valence-electron chi connectivity index (χ3n) is 6.16. The molecule has 0 saturated carbocycles. The zero-order valence-corrected chi connectivity index (χ0v) is 19.8. The van der Waals surface area contributed by atoms with Crippen LogP contribution in [0.3, 0.4) is 0 Å². The molecule has 2 aliphatic rings. The number of nitriles is 1. The van der Waals surface area contributed by atoms with Gasteiger partial charge in [0.2, 0.25) is 15.7 Å². The van der Waals surface area contributed by atoms with E-state index in [0.717, 1.165) is 29.3 Å². The molecule has 0 spiro atoms. The number of ether oxygens (including phenoxy) is 1. The Morgan fingerprint density at radius 3 is 2.66 bits per heavy atom. The van der Waals surface area contributed by atoms with E-state index in [9.17, 15) is 13.7 Å². The highest BCUT2D eigenvalue weighted by Gasteiger charge is 2.37. The second-order valence-electron chi connectivity index (χ2n) is 8.22. The molecule has 3 aromatic rings. The van der Waals surface area contributed by atoms with Gasteiger partial charge in [0.1, 0.15) is 0 Å². The lowest BCUT2D eigenvalue weighted by atomic mass is 10.0. The van der Waals surface area contributed by atoms with E-state index < -0.39 is 9.84 Å². The van der Waals surface area contributed by atoms with Gasteiger partial charge in [-0.05, 0) is 35.6 Å². The molecule has 0 radical (unpaired) electrons. The molecule has 5 rings (SSSR count). The second-order valence-corrected chi connectivity index (χ2v) is 10.1. The monoisotopic (exact) mass is 479 g/mol. The first-order valence-corrected chi connectivity index (χ1v) is 12.8. The van der Waals surface area contributed by atoms with Crippen LogP contribution in [0.1, 0.15) is 25.3 Å². The molecular weight excluding hydrogens is 458 g/mol. The molecule has 0 fully saturated rings. The maximum absolute atomic E-state index is 13.4. The first-order chi connectivity index (χ1) is 17.0. The van der Waals surface area contributed by atoms with E-state index in [1.165, 1.54) is 12.1 Å². The molecule has 172 valence electrons. The van der Waals surface area contributed by atoms with Crippen LogP contribution in [-0.4, -0.2) is 15.0 Å². The van der Waals surface area contributed by atoms with Gasteiger partial charge in [0, 0.05) is 23.6 Å². The maximum atomic E-state index is 13.4. The first kappa shape index (κ1) is 22.5. The molecule has 7 heteroatoms. The van der Waals surface area contributed by atoms with Crippen LogP contribution in [-0.2, 0) is 9.84 Å². The largest absolute Gasteiger partial charge is 0.439 e. The predicted molar refractivity (Wildman–Crippen MR) is 136 cm³/mol. The Hall–Kier alpha value is -4.33. The van der Waals surface area contributed by atoms with Gasteiger partial charge in [0.15, 0.2) is 5.75 Å². The molecule has 0 aromatic heterocycles. The lowest BCUT2D eigenvalue weighted by Gasteiger charge is -2.19. The summed E-state index contributed by atoms with van der Waals surface area (Å²) in [7, 11) is -3.90. The lowest BCUT2D eigenvalue weighted by molar-refractivity contribution is 0.437. The van der Waals surface area contributed by atoms with Crippen LogP contribution in [0.5, 0.6) is 5.75 Å². The van der Waals surface area contributed by atoms with Gasteiger partial charge in [-0.15, -0.1) is 0 Å². The number of fused-ring (bicyclic) bond motifs is 4. The first-order valence-electron chi connectivity index (χ1n) is 11.3. The Morgan fingerprint density at radius 2 is 1.89 bits per heavy atom. The summed E-state index contributed by atoms with van der Waals surface area (Å²) in [6.07, 6.45) is 4.99. The van der Waals surface area contributed by atoms with Crippen LogP contribution >= 0.6 is 0 Å². The zero-order chi connectivity index (χ0) is 24.6. The maximum Gasteiger partial charge on any atom is 0.270 e. The molecule has 3 aromatic carbocycles. The summed E-state index contributed by atoms with van der Waals surface area (Å²) in [6, 6.07) is 20.3. The molecule has 6 nitrogen and oxygen atoms in total. The fourth-order valence-corrected chi connectivity index (χ4v) is 6.21. The quantitative estimate of drug-likeness (QED) is 0.329. The van der Waals surface area contributed by atoms with Crippen molar-refractivity contribution in [3.8, 4) is 11.8 Å². The summed E-state index contributed by atoms with van der Waals surface area (Å²) in [5.41, 5.74) is 1.20. The number of benzene rings is 3. The van der Waals surface area contributed by atoms with E-state index >= 15 is 0 Å². The van der Waals surface area contributed by atoms with Crippen molar-refractivity contribution in [2.24, 2.45) is 0 Å². The van der Waals surface area contributed by atoms with E-state index in [-0.39, 0.29) is 21.1 Å². The number of anilines is 1. The molecule has 0 aliphatic carbocycles. The van der Waals surface area contributed by atoms with Crippen LogP contribution < -0.4 is 9.64 Å². The third-order valence-corrected chi connectivity index (χ3v) is 8.02. The van der Waals surface area contributed by atoms with E-state index in [2.05, 4.69) is 16.7 Å². The summed E-state index contributed by atoms with van der Waals surface area (Å²) in [5, 5.41) is 11.7. The van der Waals surface area contributed by atoms with Gasteiger partial charge < -0.3 is 9.64 Å². The minimum Gasteiger partial charge on any atom is -0.439 e. The number of unbranched alkanes of at least 4 members (excludes halogenated alkanes) is 1. The highest BCUT2D eigenvalue weighted by molar-refractivity contribution is 7.96. The van der Waals surface area contributed by atoms with Crippen molar-refractivity contribution in [2.45, 2.75) is 24.7 Å². The number of hydrogen-bond acceptors (Lipinski definition) is 5. The fraction of sp³-hybridized carbons (Fsp3) is 0.143. The molecule has 0 bridgehead atoms. The van der Waals surface area contributed by atoms with Gasteiger partial charge in [-0.1, -0.05) is 61.9 Å². The Kier molecular flexibility index (Phi) is 5.64. The van der Waals surface area contributed by atoms with Crippen LogP contribution in [0.15, 0.2) is 94.2 Å². The van der Waals surface area contributed by atoms with Crippen molar-refractivity contribution in [1.29, 1.82) is 5.26 Å². The average Bonchev–Trinajstić information content (AvgIpc) is 3.34. The molecule has 0 N–H and O–H groups in total. The smallest absolute Gasteiger partial charge is 0.270 e. The minimum atomic E-state index is -3.90. The number of sulfone groups is 1. The van der Waals surface area contributed by atoms with Gasteiger partial charge in [-0.3, -0.25) is 0 Å². The topological polar surface area (TPSA) is 74.8 Å². The van der Waals surface area contributed by atoms with Crippen molar-refractivity contribution in [3.05, 3.63) is 106 Å². The molecule has 35 heavy (non-hydrogen) atoms. The van der Waals surface area contributed by atoms with Gasteiger partial charge in [0.05, 0.1) is 28.1 Å². The van der Waals surface area contributed by atoms with Crippen molar-refractivity contribution >= 4 is 31.9 Å². The highest BCUT2D eigenvalue weighted by atomic mass is 32.2. The highest BCUT2D eigenvalue weighted by Crippen LogP contribution is 2.46. The summed E-state index contributed by atoms with van der Waals surface area (Å²) in [5.74, 6) is 1.21. The van der Waals surface area contributed by atoms with Gasteiger partial charge in [-0.2, -0.15) is 0 Å². The molecular formula is C28H21N3O3S. The van der Waals surface area contributed by atoms with Gasteiger partial charge in [-0.25, -0.2) is 18.5 Å². The summed E-state index contributed by atoms with van der Waals surface area (Å²) >= 11 is 0. The van der Waals surface area contributed by atoms with Crippen molar-refractivity contribution in [1.82, 2.24) is 0 Å². The van der Waals surface area contributed by atoms with Crippen molar-refractivity contribution in [3.63, 3.8) is 0 Å². The second kappa shape index (κ2) is 8.79. The summed E-state index contributed by atoms with van der Waals surface area (Å²) < 4.78 is 33.0. The lowest BCUT2D eigenvalue weighted by Crippen LogP contribution is -2.21. The van der Waals surface area contributed by atoms with Crippen LogP contribution in [0.2, 0.25) is 0 Å². The Balaban J connectivity index is 1.68. The molecule has 2 aliphatic heterocycles. The Bertz CT molecular complexity index is 1630. The normalized spacial score (nSPS) is 19.2. The summed E-state index contributed by atoms with van der Waals surface area (Å²) in [4.78, 5) is 5.40. The Labute approximate surface area is 204 Å². The minimum absolute atomic E-state index is 0.0707. The molecule has 0 amide bonds. The summed E-state index contributed by atoms with van der Waals surface area (Å²) in [6.45, 7) is 10.2. The third kappa shape index (κ3) is 3.58. The zero-order valence-electron chi connectivity index (χ0n) is 19.0. The van der Waals surface area contributed by atoms with Gasteiger partial charge >= 0.3 is 0 Å². The number of allylic oxidation sites excluding steroid dienone is 4. The number of rotatable bonds is 4. The molecule has 0 saturated heterocycles. The van der Waals surface area contributed by atoms with E-state index in [4.69, 9.17) is 11.3 Å². The van der Waals surface area contributed by atoms with E-state index in [1.807, 2.05) is 42.5 Å². The van der Waals surface area contributed by atoms with Crippen molar-refractivity contribution < 1.29 is 13.2 Å². The Morgan fingerprint density at radius 1 is 1.11 bits per heavy atom. The fourth-order valence-electron chi connectivity index (χ4n) is 4.53. The molecule has 2 heterocycles. The molecule has 0 atom stereocenters. The number of hydrogen-bond donors (Lipinski definition) is 0. The number of nitrogens with zero attached hydrogens (tertiary/aromatic N) is 3. The predicted octanol–water partition coefficient (Wildman–Crippen LogP) is 6.21. The van der Waals surface area contributed by atoms with E-state index in [0.29, 0.717) is 23.7 Å². The standard InChI is InChI=1S/C28H21N3O3S/c1-3-4-17-31-26(34-23-14-13-19-9-5-6-10-20(19)28(23)31)16-15-25-27(22(18-29)30-2)21-11-7-8-12-24(21)35(25,32)33/h5-16H,3-4,17H2,1H3/b25-15-,26-16-,27-22+. The van der Waals surface area contributed by atoms with E-state index in [1.54, 1.807) is 24.3 Å². The van der Waals surface area contributed by atoms with Crippen molar-refractivity contribution in [2.75, 3.05) is 11.4 Å². The van der Waals surface area contributed by atoms with Gasteiger partial charge in [0.25, 0.3) is 5.70 Å². The molecule has 0 unspecified atom stereocenters. The SMILES string of the molecule is [C-]#[N+]/C(C#N)=C1/C(=C/C=C2\Oc3ccc4ccccc4c3N2CCCC)S(=O)(=O)c2ccccc21.